The summed E-state index contributed by atoms with van der Waals surface area (Å²) in [7, 11) is 0. The van der Waals surface area contributed by atoms with E-state index in [2.05, 4.69) is 11.1 Å². The Morgan fingerprint density at radius 2 is 2.08 bits per heavy atom. The van der Waals surface area contributed by atoms with Crippen molar-refractivity contribution in [1.29, 1.82) is 5.26 Å². The molecule has 1 aromatic heterocycles. The molecule has 0 fully saturated rings. The number of aryl methyl sites for hydroxylation is 2. The number of aliphatic hydroxyl groups is 1. The van der Waals surface area contributed by atoms with Crippen molar-refractivity contribution in [2.24, 2.45) is 0 Å². The van der Waals surface area contributed by atoms with Crippen LogP contribution in [0.2, 0.25) is 10.0 Å². The number of pyridine rings is 1. The SMILES string of the molecule is Cc1cc(C)c(C#N)c(SCC(O)COc2cc(Cl)ccc2Cl)n1. The van der Waals surface area contributed by atoms with Gasteiger partial charge in [-0.1, -0.05) is 23.2 Å². The van der Waals surface area contributed by atoms with Gasteiger partial charge in [-0.15, -0.1) is 11.8 Å². The molecule has 0 amide bonds. The Hall–Kier alpha value is -1.45. The minimum atomic E-state index is -0.737. The quantitative estimate of drug-likeness (QED) is 0.749. The molecule has 0 aliphatic carbocycles. The Balaban J connectivity index is 1.95. The summed E-state index contributed by atoms with van der Waals surface area (Å²) in [5, 5.41) is 20.9. The van der Waals surface area contributed by atoms with E-state index in [1.807, 2.05) is 19.9 Å². The van der Waals surface area contributed by atoms with E-state index in [0.29, 0.717) is 32.1 Å². The highest BCUT2D eigenvalue weighted by Gasteiger charge is 2.13. The topological polar surface area (TPSA) is 66.1 Å². The minimum absolute atomic E-state index is 0.0692. The van der Waals surface area contributed by atoms with E-state index in [1.165, 1.54) is 11.8 Å². The predicted octanol–water partition coefficient (Wildman–Crippen LogP) is 4.41. The van der Waals surface area contributed by atoms with Crippen LogP contribution in [-0.4, -0.2) is 28.6 Å². The molecular weight excluding hydrogens is 367 g/mol. The van der Waals surface area contributed by atoms with E-state index >= 15 is 0 Å². The summed E-state index contributed by atoms with van der Waals surface area (Å²) in [6.45, 7) is 3.82. The first-order valence-electron chi connectivity index (χ1n) is 7.17. The Labute approximate surface area is 155 Å². The van der Waals surface area contributed by atoms with Crippen molar-refractivity contribution in [1.82, 2.24) is 4.98 Å². The third-order valence-corrected chi connectivity index (χ3v) is 4.83. The van der Waals surface area contributed by atoms with Crippen LogP contribution in [-0.2, 0) is 0 Å². The second-order valence-electron chi connectivity index (χ2n) is 5.22. The number of ether oxygens (including phenoxy) is 1. The van der Waals surface area contributed by atoms with Gasteiger partial charge in [-0.05, 0) is 37.6 Å². The number of nitriles is 1. The van der Waals surface area contributed by atoms with Crippen LogP contribution in [0.1, 0.15) is 16.8 Å². The van der Waals surface area contributed by atoms with Crippen molar-refractivity contribution in [2.45, 2.75) is 25.0 Å². The third-order valence-electron chi connectivity index (χ3n) is 3.16. The van der Waals surface area contributed by atoms with Crippen LogP contribution in [0.5, 0.6) is 5.75 Å². The Morgan fingerprint density at radius 3 is 2.79 bits per heavy atom. The fourth-order valence-corrected chi connectivity index (χ4v) is 3.38. The maximum absolute atomic E-state index is 10.1. The zero-order valence-electron chi connectivity index (χ0n) is 13.2. The maximum atomic E-state index is 10.1. The molecule has 0 aliphatic rings. The molecule has 4 nitrogen and oxygen atoms in total. The van der Waals surface area contributed by atoms with Crippen LogP contribution in [0.15, 0.2) is 29.3 Å². The molecule has 0 aliphatic heterocycles. The number of halogens is 2. The Kier molecular flexibility index (Phi) is 6.76. The van der Waals surface area contributed by atoms with Gasteiger partial charge in [0.15, 0.2) is 0 Å². The zero-order valence-corrected chi connectivity index (χ0v) is 15.5. The molecule has 7 heteroatoms. The molecule has 0 saturated heterocycles. The van der Waals surface area contributed by atoms with Crippen molar-refractivity contribution in [3.8, 4) is 11.8 Å². The Bertz CT molecular complexity index is 778. The van der Waals surface area contributed by atoms with Gasteiger partial charge in [0.25, 0.3) is 0 Å². The first-order chi connectivity index (χ1) is 11.4. The average molecular weight is 383 g/mol. The summed E-state index contributed by atoms with van der Waals surface area (Å²) >= 11 is 13.2. The number of aromatic nitrogens is 1. The lowest BCUT2D eigenvalue weighted by Crippen LogP contribution is -2.20. The lowest BCUT2D eigenvalue weighted by Gasteiger charge is -2.14. The largest absolute Gasteiger partial charge is 0.489 e. The second-order valence-corrected chi connectivity index (χ2v) is 7.08. The van der Waals surface area contributed by atoms with E-state index < -0.39 is 6.10 Å². The zero-order chi connectivity index (χ0) is 17.7. The normalized spacial score (nSPS) is 11.8. The number of thioether (sulfide) groups is 1. The third kappa shape index (κ3) is 5.02. The second kappa shape index (κ2) is 8.59. The molecule has 24 heavy (non-hydrogen) atoms. The van der Waals surface area contributed by atoms with Crippen LogP contribution in [0.3, 0.4) is 0 Å². The van der Waals surface area contributed by atoms with Crippen molar-refractivity contribution in [3.05, 3.63) is 51.1 Å². The summed E-state index contributed by atoms with van der Waals surface area (Å²) < 4.78 is 5.51. The highest BCUT2D eigenvalue weighted by atomic mass is 35.5. The molecular formula is C17H16Cl2N2O2S. The van der Waals surface area contributed by atoms with Gasteiger partial charge in [0.05, 0.1) is 16.7 Å². The van der Waals surface area contributed by atoms with Gasteiger partial charge in [-0.3, -0.25) is 0 Å². The van der Waals surface area contributed by atoms with E-state index in [9.17, 15) is 10.4 Å². The smallest absolute Gasteiger partial charge is 0.139 e. The molecule has 126 valence electrons. The first kappa shape index (κ1) is 18.9. The number of nitrogens with zero attached hydrogens (tertiary/aromatic N) is 2. The summed E-state index contributed by atoms with van der Waals surface area (Å²) in [5.74, 6) is 0.776. The van der Waals surface area contributed by atoms with E-state index in [1.54, 1.807) is 18.2 Å². The molecule has 1 heterocycles. The van der Waals surface area contributed by atoms with Gasteiger partial charge in [-0.2, -0.15) is 5.26 Å². The molecule has 2 aromatic rings. The molecule has 0 radical (unpaired) electrons. The predicted molar refractivity (Wildman–Crippen MR) is 97.1 cm³/mol. The number of aliphatic hydroxyl groups excluding tert-OH is 1. The summed E-state index contributed by atoms with van der Waals surface area (Å²) in [6.07, 6.45) is -0.737. The standard InChI is InChI=1S/C17H16Cl2N2O2S/c1-10-5-11(2)21-17(14(10)7-20)24-9-13(22)8-23-16-6-12(18)3-4-15(16)19/h3-6,13,22H,8-9H2,1-2H3. The number of hydrogen-bond donors (Lipinski definition) is 1. The monoisotopic (exact) mass is 382 g/mol. The number of hydrogen-bond acceptors (Lipinski definition) is 5. The van der Waals surface area contributed by atoms with Gasteiger partial charge in [0.1, 0.15) is 23.5 Å². The summed E-state index contributed by atoms with van der Waals surface area (Å²) in [5.41, 5.74) is 2.26. The molecule has 0 spiro atoms. The van der Waals surface area contributed by atoms with Gasteiger partial charge in [-0.25, -0.2) is 4.98 Å². The lowest BCUT2D eigenvalue weighted by atomic mass is 10.1. The van der Waals surface area contributed by atoms with Gasteiger partial charge >= 0.3 is 0 Å². The molecule has 1 aromatic carbocycles. The van der Waals surface area contributed by atoms with E-state index in [4.69, 9.17) is 27.9 Å². The highest BCUT2D eigenvalue weighted by Crippen LogP contribution is 2.28. The van der Waals surface area contributed by atoms with Crippen LogP contribution in [0.4, 0.5) is 0 Å². The first-order valence-corrected chi connectivity index (χ1v) is 8.92. The highest BCUT2D eigenvalue weighted by molar-refractivity contribution is 7.99. The summed E-state index contributed by atoms with van der Waals surface area (Å²) in [4.78, 5) is 4.37. The van der Waals surface area contributed by atoms with E-state index in [0.717, 1.165) is 11.3 Å². The van der Waals surface area contributed by atoms with Crippen molar-refractivity contribution >= 4 is 35.0 Å². The molecule has 0 saturated carbocycles. The fourth-order valence-electron chi connectivity index (χ4n) is 2.04. The van der Waals surface area contributed by atoms with Gasteiger partial charge in [0, 0.05) is 22.5 Å². The molecule has 2 rings (SSSR count). The summed E-state index contributed by atoms with van der Waals surface area (Å²) in [6, 6.07) is 8.93. The van der Waals surface area contributed by atoms with Gasteiger partial charge < -0.3 is 9.84 Å². The number of rotatable bonds is 6. The van der Waals surface area contributed by atoms with Crippen LogP contribution >= 0.6 is 35.0 Å². The lowest BCUT2D eigenvalue weighted by molar-refractivity contribution is 0.126. The molecule has 1 N–H and O–H groups in total. The van der Waals surface area contributed by atoms with Gasteiger partial charge in [0.2, 0.25) is 0 Å². The van der Waals surface area contributed by atoms with Crippen molar-refractivity contribution in [2.75, 3.05) is 12.4 Å². The van der Waals surface area contributed by atoms with E-state index in [-0.39, 0.29) is 6.61 Å². The van der Waals surface area contributed by atoms with Crippen molar-refractivity contribution in [3.63, 3.8) is 0 Å². The van der Waals surface area contributed by atoms with Crippen LogP contribution in [0.25, 0.3) is 0 Å². The molecule has 1 unspecified atom stereocenters. The number of benzene rings is 1. The van der Waals surface area contributed by atoms with Crippen molar-refractivity contribution < 1.29 is 9.84 Å². The average Bonchev–Trinajstić information content (AvgIpc) is 2.53. The minimum Gasteiger partial charge on any atom is -0.489 e. The fraction of sp³-hybridized carbons (Fsp3) is 0.294. The molecule has 0 bridgehead atoms. The maximum Gasteiger partial charge on any atom is 0.139 e. The Morgan fingerprint density at radius 1 is 1.33 bits per heavy atom. The van der Waals surface area contributed by atoms with Crippen LogP contribution in [0, 0.1) is 25.2 Å². The molecule has 1 atom stereocenters. The van der Waals surface area contributed by atoms with Crippen LogP contribution < -0.4 is 4.74 Å².